The Kier molecular flexibility index (Phi) is 4.56. The molecule has 2 N–H and O–H groups in total. The smallest absolute Gasteiger partial charge is 0.323 e. The van der Waals surface area contributed by atoms with Gasteiger partial charge in [0, 0.05) is 13.6 Å². The number of aliphatic hydroxyl groups is 1. The van der Waals surface area contributed by atoms with Crippen molar-refractivity contribution >= 4 is 12.0 Å². The molecule has 0 radical (unpaired) electrons. The number of carboxylic acid groups (broad SMARTS) is 1. The summed E-state index contributed by atoms with van der Waals surface area (Å²) < 4.78 is 0. The molecule has 0 spiro atoms. The fourth-order valence-corrected chi connectivity index (χ4v) is 1.88. The molecule has 1 saturated carbocycles. The summed E-state index contributed by atoms with van der Waals surface area (Å²) in [6.07, 6.45) is 2.11. The number of aliphatic carboxylic acids is 1. The monoisotopic (exact) mass is 258 g/mol. The fourth-order valence-electron chi connectivity index (χ4n) is 1.88. The highest BCUT2D eigenvalue weighted by atomic mass is 16.4. The van der Waals surface area contributed by atoms with Gasteiger partial charge in [0.2, 0.25) is 0 Å². The van der Waals surface area contributed by atoms with Gasteiger partial charge in [-0.25, -0.2) is 4.79 Å². The maximum atomic E-state index is 12.1. The molecule has 0 saturated heterocycles. The molecule has 1 rings (SSSR count). The second kappa shape index (κ2) is 5.56. The van der Waals surface area contributed by atoms with E-state index in [0.29, 0.717) is 12.5 Å². The molecular weight excluding hydrogens is 236 g/mol. The van der Waals surface area contributed by atoms with Crippen LogP contribution in [-0.2, 0) is 4.79 Å². The van der Waals surface area contributed by atoms with Gasteiger partial charge >= 0.3 is 12.0 Å². The molecule has 1 aliphatic carbocycles. The molecule has 0 aliphatic heterocycles. The first kappa shape index (κ1) is 14.8. The van der Waals surface area contributed by atoms with Crippen LogP contribution >= 0.6 is 0 Å². The lowest BCUT2D eigenvalue weighted by Crippen LogP contribution is -2.48. The number of likely N-dealkylation sites (N-methyl/N-ethyl adjacent to an activating group) is 1. The summed E-state index contributed by atoms with van der Waals surface area (Å²) in [6, 6.07) is -0.341. The first-order valence-electron chi connectivity index (χ1n) is 6.13. The molecule has 0 aromatic rings. The second-order valence-electron chi connectivity index (χ2n) is 5.67. The van der Waals surface area contributed by atoms with Crippen LogP contribution in [0.2, 0.25) is 0 Å². The zero-order chi connectivity index (χ0) is 13.9. The zero-order valence-corrected chi connectivity index (χ0v) is 11.2. The number of amides is 2. The minimum absolute atomic E-state index is 0.173. The van der Waals surface area contributed by atoms with E-state index in [0.717, 1.165) is 12.8 Å². The molecule has 0 bridgehead atoms. The van der Waals surface area contributed by atoms with Crippen molar-refractivity contribution < 1.29 is 19.8 Å². The molecule has 6 heteroatoms. The summed E-state index contributed by atoms with van der Waals surface area (Å²) in [5.74, 6) is -0.579. The Labute approximate surface area is 107 Å². The summed E-state index contributed by atoms with van der Waals surface area (Å²) >= 11 is 0. The highest BCUT2D eigenvalue weighted by molar-refractivity contribution is 5.80. The van der Waals surface area contributed by atoms with Crippen LogP contribution in [-0.4, -0.2) is 64.3 Å². The van der Waals surface area contributed by atoms with Crippen molar-refractivity contribution in [3.8, 4) is 0 Å². The zero-order valence-electron chi connectivity index (χ0n) is 11.2. The number of hydrogen-bond acceptors (Lipinski definition) is 3. The molecule has 0 aromatic carbocycles. The van der Waals surface area contributed by atoms with Gasteiger partial charge in [-0.1, -0.05) is 0 Å². The summed E-state index contributed by atoms with van der Waals surface area (Å²) in [7, 11) is 1.57. The van der Waals surface area contributed by atoms with Crippen LogP contribution in [0.4, 0.5) is 4.79 Å². The van der Waals surface area contributed by atoms with Gasteiger partial charge in [-0.15, -0.1) is 0 Å². The highest BCUT2D eigenvalue weighted by Gasteiger charge is 2.30. The van der Waals surface area contributed by atoms with E-state index < -0.39 is 11.6 Å². The topological polar surface area (TPSA) is 81.1 Å². The first-order valence-corrected chi connectivity index (χ1v) is 6.13. The number of carboxylic acids is 1. The van der Waals surface area contributed by atoms with Crippen LogP contribution in [0.5, 0.6) is 0 Å². The van der Waals surface area contributed by atoms with E-state index in [1.165, 1.54) is 9.80 Å². The normalized spacial score (nSPS) is 15.3. The lowest BCUT2D eigenvalue weighted by atomic mass is 10.1. The number of carbonyl (C=O) groups excluding carboxylic acids is 1. The van der Waals surface area contributed by atoms with Crippen LogP contribution in [0, 0.1) is 5.92 Å². The van der Waals surface area contributed by atoms with Crippen molar-refractivity contribution in [2.75, 3.05) is 26.7 Å². The number of urea groups is 1. The molecular formula is C12H22N2O4. The molecule has 0 unspecified atom stereocenters. The molecule has 1 aliphatic rings. The maximum Gasteiger partial charge on any atom is 0.323 e. The highest BCUT2D eigenvalue weighted by Crippen LogP contribution is 2.29. The predicted octanol–water partition coefficient (Wildman–Crippen LogP) is 0.606. The van der Waals surface area contributed by atoms with Crippen LogP contribution in [0.15, 0.2) is 0 Å². The van der Waals surface area contributed by atoms with Gasteiger partial charge in [-0.2, -0.15) is 0 Å². The third-order valence-corrected chi connectivity index (χ3v) is 2.72. The number of hydrogen-bond donors (Lipinski definition) is 2. The third-order valence-electron chi connectivity index (χ3n) is 2.72. The Bertz CT molecular complexity index is 321. The van der Waals surface area contributed by atoms with Crippen LogP contribution in [0.3, 0.4) is 0 Å². The van der Waals surface area contributed by atoms with E-state index in [1.54, 1.807) is 20.9 Å². The Morgan fingerprint density at radius 3 is 2.28 bits per heavy atom. The maximum absolute atomic E-state index is 12.1. The van der Waals surface area contributed by atoms with Gasteiger partial charge in [0.05, 0.1) is 12.1 Å². The molecule has 0 heterocycles. The fraction of sp³-hybridized carbons (Fsp3) is 0.833. The van der Waals surface area contributed by atoms with Crippen LogP contribution < -0.4 is 0 Å². The Balaban J connectivity index is 2.58. The van der Waals surface area contributed by atoms with Crippen LogP contribution in [0.25, 0.3) is 0 Å². The summed E-state index contributed by atoms with van der Waals surface area (Å²) in [6.45, 7) is 3.60. The average molecular weight is 258 g/mol. The number of carbonyl (C=O) groups is 2. The van der Waals surface area contributed by atoms with Gasteiger partial charge in [-0.05, 0) is 32.6 Å². The molecule has 18 heavy (non-hydrogen) atoms. The predicted molar refractivity (Wildman–Crippen MR) is 66.3 cm³/mol. The van der Waals surface area contributed by atoms with E-state index in [2.05, 4.69) is 0 Å². The van der Waals surface area contributed by atoms with Gasteiger partial charge in [0.25, 0.3) is 0 Å². The standard InChI is InChI=1S/C12H22N2O4/c1-12(2,18)8-13(3)11(17)14(7-10(15)16)6-9-4-5-9/h9,18H,4-8H2,1-3H3,(H,15,16). The van der Waals surface area contributed by atoms with Gasteiger partial charge < -0.3 is 20.0 Å². The summed E-state index contributed by atoms with van der Waals surface area (Å²) in [4.78, 5) is 25.6. The Hall–Kier alpha value is -1.30. The van der Waals surface area contributed by atoms with E-state index in [-0.39, 0.29) is 19.1 Å². The van der Waals surface area contributed by atoms with Crippen molar-refractivity contribution in [2.24, 2.45) is 5.92 Å². The van der Waals surface area contributed by atoms with E-state index >= 15 is 0 Å². The molecule has 1 fully saturated rings. The van der Waals surface area contributed by atoms with Crippen molar-refractivity contribution in [3.63, 3.8) is 0 Å². The van der Waals surface area contributed by atoms with Gasteiger partial charge in [0.15, 0.2) is 0 Å². The lowest BCUT2D eigenvalue weighted by molar-refractivity contribution is -0.137. The quantitative estimate of drug-likeness (QED) is 0.731. The van der Waals surface area contributed by atoms with Gasteiger partial charge in [0.1, 0.15) is 6.54 Å². The number of rotatable bonds is 6. The minimum Gasteiger partial charge on any atom is -0.480 e. The molecule has 104 valence electrons. The first-order chi connectivity index (χ1) is 8.19. The minimum atomic E-state index is -1.01. The molecule has 0 atom stereocenters. The average Bonchev–Trinajstić information content (AvgIpc) is 2.96. The third kappa shape index (κ3) is 5.35. The van der Waals surface area contributed by atoms with Gasteiger partial charge in [-0.3, -0.25) is 4.79 Å². The van der Waals surface area contributed by atoms with Crippen molar-refractivity contribution in [3.05, 3.63) is 0 Å². The summed E-state index contributed by atoms with van der Waals surface area (Å²) in [5.41, 5.74) is -0.987. The van der Waals surface area contributed by atoms with E-state index in [1.807, 2.05) is 0 Å². The van der Waals surface area contributed by atoms with E-state index in [9.17, 15) is 14.7 Å². The largest absolute Gasteiger partial charge is 0.480 e. The number of nitrogens with zero attached hydrogens (tertiary/aromatic N) is 2. The molecule has 6 nitrogen and oxygen atoms in total. The van der Waals surface area contributed by atoms with Crippen molar-refractivity contribution in [1.29, 1.82) is 0 Å². The van der Waals surface area contributed by atoms with Crippen LogP contribution in [0.1, 0.15) is 26.7 Å². The Morgan fingerprint density at radius 1 is 1.33 bits per heavy atom. The Morgan fingerprint density at radius 2 is 1.89 bits per heavy atom. The van der Waals surface area contributed by atoms with Crippen molar-refractivity contribution in [1.82, 2.24) is 9.80 Å². The summed E-state index contributed by atoms with van der Waals surface area (Å²) in [5, 5.41) is 18.5. The molecule has 0 aromatic heterocycles. The van der Waals surface area contributed by atoms with Crippen molar-refractivity contribution in [2.45, 2.75) is 32.3 Å². The SMILES string of the molecule is CN(CC(C)(C)O)C(=O)N(CC(=O)O)CC1CC1. The van der Waals surface area contributed by atoms with E-state index in [4.69, 9.17) is 5.11 Å². The second-order valence-corrected chi connectivity index (χ2v) is 5.67. The molecule has 2 amide bonds. The lowest BCUT2D eigenvalue weighted by Gasteiger charge is -2.30.